The number of aryl methyl sites for hydroxylation is 1. The molecule has 120 valence electrons. The molecule has 2 fully saturated rings. The smallest absolute Gasteiger partial charge is 0.326 e. The standard InChI is InChI=1S/C15H21N3O4/c19-13(18-9-2-1-4-11(18)15(20)21)6-3-5-12-16-14(17-22-12)10-7-8-10/h10-11H,1-9H2,(H,20,21)/t11-/m1/s1. The lowest BCUT2D eigenvalue weighted by molar-refractivity contribution is -0.152. The number of aliphatic carboxylic acids is 1. The van der Waals surface area contributed by atoms with E-state index < -0.39 is 12.0 Å². The number of nitrogens with zero attached hydrogens (tertiary/aromatic N) is 3. The van der Waals surface area contributed by atoms with Gasteiger partial charge in [-0.2, -0.15) is 4.98 Å². The molecule has 1 aliphatic heterocycles. The highest BCUT2D eigenvalue weighted by Gasteiger charge is 2.31. The Bertz CT molecular complexity index is 553. The quantitative estimate of drug-likeness (QED) is 0.859. The Morgan fingerprint density at radius 2 is 2.09 bits per heavy atom. The number of carbonyl (C=O) groups is 2. The second-order valence-corrected chi connectivity index (χ2v) is 6.11. The molecule has 1 aliphatic carbocycles. The molecule has 7 heteroatoms. The predicted molar refractivity (Wildman–Crippen MR) is 76.2 cm³/mol. The summed E-state index contributed by atoms with van der Waals surface area (Å²) in [5.74, 6) is 0.822. The van der Waals surface area contributed by atoms with Crippen molar-refractivity contribution in [1.29, 1.82) is 0 Å². The molecule has 0 spiro atoms. The van der Waals surface area contributed by atoms with E-state index in [1.807, 2.05) is 0 Å². The normalized spacial score (nSPS) is 21.8. The highest BCUT2D eigenvalue weighted by Crippen LogP contribution is 2.38. The summed E-state index contributed by atoms with van der Waals surface area (Å²) >= 11 is 0. The van der Waals surface area contributed by atoms with Crippen LogP contribution in [0, 0.1) is 0 Å². The first-order chi connectivity index (χ1) is 10.6. The lowest BCUT2D eigenvalue weighted by Crippen LogP contribution is -2.47. The number of piperidine rings is 1. The number of carbonyl (C=O) groups excluding carboxylic acids is 1. The summed E-state index contributed by atoms with van der Waals surface area (Å²) in [6, 6.07) is -0.661. The van der Waals surface area contributed by atoms with Gasteiger partial charge in [0.05, 0.1) is 0 Å². The van der Waals surface area contributed by atoms with Gasteiger partial charge >= 0.3 is 5.97 Å². The van der Waals surface area contributed by atoms with E-state index in [0.29, 0.717) is 44.0 Å². The topological polar surface area (TPSA) is 96.5 Å². The summed E-state index contributed by atoms with van der Waals surface area (Å²) in [6.45, 7) is 0.544. The maximum absolute atomic E-state index is 12.2. The van der Waals surface area contributed by atoms with E-state index in [-0.39, 0.29) is 5.91 Å². The zero-order valence-electron chi connectivity index (χ0n) is 12.5. The Morgan fingerprint density at radius 1 is 1.27 bits per heavy atom. The molecule has 1 amide bonds. The van der Waals surface area contributed by atoms with E-state index in [2.05, 4.69) is 10.1 Å². The molecule has 2 heterocycles. The molecule has 0 unspecified atom stereocenters. The summed E-state index contributed by atoms with van der Waals surface area (Å²) in [7, 11) is 0. The van der Waals surface area contributed by atoms with Crippen molar-refractivity contribution in [2.45, 2.75) is 63.3 Å². The van der Waals surface area contributed by atoms with E-state index in [9.17, 15) is 14.7 Å². The number of carboxylic acid groups (broad SMARTS) is 1. The zero-order valence-corrected chi connectivity index (χ0v) is 12.5. The Balaban J connectivity index is 1.47. The molecular weight excluding hydrogens is 286 g/mol. The van der Waals surface area contributed by atoms with Crippen molar-refractivity contribution in [1.82, 2.24) is 15.0 Å². The fourth-order valence-corrected chi connectivity index (χ4v) is 2.90. The predicted octanol–water partition coefficient (Wildman–Crippen LogP) is 1.74. The fourth-order valence-electron chi connectivity index (χ4n) is 2.90. The van der Waals surface area contributed by atoms with Gasteiger partial charge in [-0.1, -0.05) is 5.16 Å². The minimum Gasteiger partial charge on any atom is -0.480 e. The third kappa shape index (κ3) is 3.45. The molecule has 22 heavy (non-hydrogen) atoms. The summed E-state index contributed by atoms with van der Waals surface area (Å²) < 4.78 is 5.17. The summed E-state index contributed by atoms with van der Waals surface area (Å²) in [5.41, 5.74) is 0. The number of amides is 1. The van der Waals surface area contributed by atoms with Crippen LogP contribution in [0.4, 0.5) is 0 Å². The number of hydrogen-bond acceptors (Lipinski definition) is 5. The third-order valence-corrected chi connectivity index (χ3v) is 4.32. The van der Waals surface area contributed by atoms with Gasteiger partial charge in [0.25, 0.3) is 0 Å². The number of likely N-dealkylation sites (tertiary alicyclic amines) is 1. The first kappa shape index (κ1) is 15.0. The van der Waals surface area contributed by atoms with Crippen molar-refractivity contribution in [3.63, 3.8) is 0 Å². The van der Waals surface area contributed by atoms with Gasteiger partial charge in [-0.05, 0) is 38.5 Å². The average molecular weight is 307 g/mol. The van der Waals surface area contributed by atoms with Gasteiger partial charge in [0.1, 0.15) is 6.04 Å². The van der Waals surface area contributed by atoms with Crippen LogP contribution in [0.15, 0.2) is 4.52 Å². The van der Waals surface area contributed by atoms with Crippen LogP contribution in [0.5, 0.6) is 0 Å². The molecule has 2 aliphatic rings. The molecule has 1 saturated carbocycles. The molecule has 1 aromatic heterocycles. The van der Waals surface area contributed by atoms with E-state index in [0.717, 1.165) is 31.5 Å². The monoisotopic (exact) mass is 307 g/mol. The second kappa shape index (κ2) is 6.46. The zero-order chi connectivity index (χ0) is 15.5. The molecule has 7 nitrogen and oxygen atoms in total. The molecule has 0 aromatic carbocycles. The van der Waals surface area contributed by atoms with Crippen LogP contribution >= 0.6 is 0 Å². The van der Waals surface area contributed by atoms with Crippen molar-refractivity contribution in [3.8, 4) is 0 Å². The Hall–Kier alpha value is -1.92. The van der Waals surface area contributed by atoms with Crippen LogP contribution in [-0.2, 0) is 16.0 Å². The van der Waals surface area contributed by atoms with Crippen molar-refractivity contribution in [2.24, 2.45) is 0 Å². The third-order valence-electron chi connectivity index (χ3n) is 4.32. The van der Waals surface area contributed by atoms with E-state index in [1.165, 1.54) is 4.90 Å². The van der Waals surface area contributed by atoms with E-state index in [4.69, 9.17) is 4.52 Å². The summed E-state index contributed by atoms with van der Waals surface area (Å²) in [5, 5.41) is 13.1. The molecule has 1 aromatic rings. The van der Waals surface area contributed by atoms with Crippen molar-refractivity contribution in [3.05, 3.63) is 11.7 Å². The lowest BCUT2D eigenvalue weighted by Gasteiger charge is -2.33. The van der Waals surface area contributed by atoms with Gasteiger partial charge in [0.15, 0.2) is 5.82 Å². The van der Waals surface area contributed by atoms with E-state index >= 15 is 0 Å². The van der Waals surface area contributed by atoms with Gasteiger partial charge in [-0.25, -0.2) is 4.79 Å². The molecule has 1 atom stereocenters. The maximum atomic E-state index is 12.2. The number of carboxylic acids is 1. The van der Waals surface area contributed by atoms with Crippen molar-refractivity contribution in [2.75, 3.05) is 6.54 Å². The minimum atomic E-state index is -0.904. The fraction of sp³-hybridized carbons (Fsp3) is 0.733. The number of rotatable bonds is 6. The molecular formula is C15H21N3O4. The SMILES string of the molecule is O=C(O)[C@H]1CCCCN1C(=O)CCCc1nc(C2CC2)no1. The number of aromatic nitrogens is 2. The average Bonchev–Trinajstić information content (AvgIpc) is 3.27. The van der Waals surface area contributed by atoms with Gasteiger partial charge in [0, 0.05) is 25.3 Å². The van der Waals surface area contributed by atoms with Crippen LogP contribution in [-0.4, -0.2) is 44.6 Å². The van der Waals surface area contributed by atoms with Crippen LogP contribution in [0.1, 0.15) is 62.6 Å². The first-order valence-corrected chi connectivity index (χ1v) is 8.00. The van der Waals surface area contributed by atoms with Gasteiger partial charge in [-0.15, -0.1) is 0 Å². The molecule has 0 bridgehead atoms. The Kier molecular flexibility index (Phi) is 4.40. The highest BCUT2D eigenvalue weighted by molar-refractivity contribution is 5.83. The van der Waals surface area contributed by atoms with E-state index in [1.54, 1.807) is 0 Å². The van der Waals surface area contributed by atoms with Crippen molar-refractivity contribution >= 4 is 11.9 Å². The Labute approximate surface area is 128 Å². The maximum Gasteiger partial charge on any atom is 0.326 e. The number of hydrogen-bond donors (Lipinski definition) is 1. The van der Waals surface area contributed by atoms with Gasteiger partial charge in [0.2, 0.25) is 11.8 Å². The van der Waals surface area contributed by atoms with Gasteiger partial charge in [-0.3, -0.25) is 4.79 Å². The second-order valence-electron chi connectivity index (χ2n) is 6.11. The molecule has 3 rings (SSSR count). The minimum absolute atomic E-state index is 0.0889. The van der Waals surface area contributed by atoms with Crippen LogP contribution in [0.25, 0.3) is 0 Å². The van der Waals surface area contributed by atoms with Crippen molar-refractivity contribution < 1.29 is 19.2 Å². The van der Waals surface area contributed by atoms with Gasteiger partial charge < -0.3 is 14.5 Å². The first-order valence-electron chi connectivity index (χ1n) is 8.00. The molecule has 0 radical (unpaired) electrons. The van der Waals surface area contributed by atoms with Crippen LogP contribution < -0.4 is 0 Å². The highest BCUT2D eigenvalue weighted by atomic mass is 16.5. The summed E-state index contributed by atoms with van der Waals surface area (Å²) in [4.78, 5) is 29.3. The summed E-state index contributed by atoms with van der Waals surface area (Å²) in [6.07, 6.45) is 6.05. The lowest BCUT2D eigenvalue weighted by atomic mass is 10.0. The molecule has 1 N–H and O–H groups in total. The van der Waals surface area contributed by atoms with Crippen LogP contribution in [0.3, 0.4) is 0 Å². The molecule has 1 saturated heterocycles. The largest absolute Gasteiger partial charge is 0.480 e. The Morgan fingerprint density at radius 3 is 2.82 bits per heavy atom. The van der Waals surface area contributed by atoms with Crippen LogP contribution in [0.2, 0.25) is 0 Å².